The first-order chi connectivity index (χ1) is 12.8. The minimum atomic E-state index is -1.14. The number of carboxylic acid groups (broad SMARTS) is 1. The number of halogens is 1. The maximum atomic E-state index is 12.9. The lowest BCUT2D eigenvalue weighted by atomic mass is 10.1. The molecule has 0 saturated carbocycles. The Kier molecular flexibility index (Phi) is 6.48. The third kappa shape index (κ3) is 5.81. The van der Waals surface area contributed by atoms with E-state index in [-0.39, 0.29) is 23.9 Å². The summed E-state index contributed by atoms with van der Waals surface area (Å²) in [6, 6.07) is 10.7. The van der Waals surface area contributed by atoms with Crippen molar-refractivity contribution in [3.8, 4) is 5.75 Å². The average Bonchev–Trinajstić information content (AvgIpc) is 2.63. The van der Waals surface area contributed by atoms with Crippen LogP contribution in [0.1, 0.15) is 12.5 Å². The van der Waals surface area contributed by atoms with E-state index < -0.39 is 18.1 Å². The van der Waals surface area contributed by atoms with Gasteiger partial charge < -0.3 is 15.2 Å². The molecule has 0 aliphatic carbocycles. The molecule has 1 atom stereocenters. The van der Waals surface area contributed by atoms with E-state index in [0.717, 1.165) is 4.90 Å². The van der Waals surface area contributed by atoms with Crippen molar-refractivity contribution in [2.75, 3.05) is 12.4 Å². The van der Waals surface area contributed by atoms with Crippen LogP contribution in [0, 0.1) is 5.82 Å². The van der Waals surface area contributed by atoms with Crippen LogP contribution in [0.4, 0.5) is 14.9 Å². The summed E-state index contributed by atoms with van der Waals surface area (Å²) in [7, 11) is 1.32. The largest absolute Gasteiger partial charge is 0.480 e. The predicted molar refractivity (Wildman–Crippen MR) is 96.1 cm³/mol. The molecule has 142 valence electrons. The number of hydrogen-bond donors (Lipinski definition) is 2. The molecule has 0 saturated heterocycles. The highest BCUT2D eigenvalue weighted by atomic mass is 19.1. The number of amides is 2. The quantitative estimate of drug-likeness (QED) is 0.811. The molecule has 27 heavy (non-hydrogen) atoms. The number of carbonyl (C=O) groups excluding carboxylic acids is 2. The lowest BCUT2D eigenvalue weighted by molar-refractivity contribution is -0.141. The normalized spacial score (nSPS) is 11.4. The zero-order valence-electron chi connectivity index (χ0n) is 14.8. The fourth-order valence-electron chi connectivity index (χ4n) is 2.10. The average molecular weight is 374 g/mol. The molecule has 0 heterocycles. The maximum Gasteiger partial charge on any atom is 0.415 e. The second-order valence-electron chi connectivity index (χ2n) is 5.87. The van der Waals surface area contributed by atoms with Gasteiger partial charge in [0.05, 0.1) is 6.42 Å². The second-order valence-corrected chi connectivity index (χ2v) is 5.87. The molecule has 2 aromatic rings. The van der Waals surface area contributed by atoms with Crippen LogP contribution in [0.2, 0.25) is 0 Å². The fraction of sp³-hybridized carbons (Fsp3) is 0.211. The predicted octanol–water partition coefficient (Wildman–Crippen LogP) is 2.91. The number of nitrogens with zero attached hydrogens (tertiary/aromatic N) is 1. The first-order valence-corrected chi connectivity index (χ1v) is 8.08. The molecular formula is C19H19FN2O5. The standard InChI is InChI=1S/C19H19FN2O5/c1-12(18(24)25)22(2)19(26)27-16-9-7-15(8-10-16)21-17(23)11-13-3-5-14(20)6-4-13/h3-10,12H,11H2,1-2H3,(H,21,23)(H,24,25)/t12-/m0/s1. The maximum absolute atomic E-state index is 12.9. The van der Waals surface area contributed by atoms with Crippen LogP contribution in [0.15, 0.2) is 48.5 Å². The van der Waals surface area contributed by atoms with Crippen LogP contribution in [0.25, 0.3) is 0 Å². The van der Waals surface area contributed by atoms with Crippen LogP contribution >= 0.6 is 0 Å². The second kappa shape index (κ2) is 8.79. The minimum absolute atomic E-state index is 0.0922. The van der Waals surface area contributed by atoms with Crippen molar-refractivity contribution >= 4 is 23.7 Å². The van der Waals surface area contributed by atoms with E-state index in [9.17, 15) is 18.8 Å². The molecule has 0 unspecified atom stereocenters. The lowest BCUT2D eigenvalue weighted by Crippen LogP contribution is -2.41. The third-order valence-corrected chi connectivity index (χ3v) is 3.85. The highest BCUT2D eigenvalue weighted by Gasteiger charge is 2.23. The van der Waals surface area contributed by atoms with Crippen molar-refractivity contribution in [1.29, 1.82) is 0 Å². The number of carbonyl (C=O) groups is 3. The number of hydrogen-bond acceptors (Lipinski definition) is 4. The summed E-state index contributed by atoms with van der Waals surface area (Å²) in [6.45, 7) is 1.36. The molecule has 0 bridgehead atoms. The highest BCUT2D eigenvalue weighted by molar-refractivity contribution is 5.92. The molecule has 0 aliphatic heterocycles. The van der Waals surface area contributed by atoms with Gasteiger partial charge in [-0.15, -0.1) is 0 Å². The molecule has 7 nitrogen and oxygen atoms in total. The zero-order chi connectivity index (χ0) is 20.0. The van der Waals surface area contributed by atoms with E-state index in [1.165, 1.54) is 50.4 Å². The van der Waals surface area contributed by atoms with Crippen molar-refractivity contribution in [2.24, 2.45) is 0 Å². The van der Waals surface area contributed by atoms with E-state index >= 15 is 0 Å². The first kappa shape index (κ1) is 19.9. The van der Waals surface area contributed by atoms with Gasteiger partial charge in [-0.2, -0.15) is 0 Å². The van der Waals surface area contributed by atoms with Gasteiger partial charge in [0, 0.05) is 12.7 Å². The van der Waals surface area contributed by atoms with Crippen LogP contribution in [0.5, 0.6) is 5.75 Å². The monoisotopic (exact) mass is 374 g/mol. The van der Waals surface area contributed by atoms with E-state index in [2.05, 4.69) is 5.32 Å². The Hall–Kier alpha value is -3.42. The number of carboxylic acids is 1. The molecular weight excluding hydrogens is 355 g/mol. The Morgan fingerprint density at radius 3 is 2.26 bits per heavy atom. The fourth-order valence-corrected chi connectivity index (χ4v) is 2.10. The van der Waals surface area contributed by atoms with Gasteiger partial charge in [-0.1, -0.05) is 12.1 Å². The first-order valence-electron chi connectivity index (χ1n) is 8.08. The van der Waals surface area contributed by atoms with Crippen molar-refractivity contribution in [3.05, 3.63) is 59.9 Å². The molecule has 0 fully saturated rings. The SMILES string of the molecule is C[C@@H](C(=O)O)N(C)C(=O)Oc1ccc(NC(=O)Cc2ccc(F)cc2)cc1. The smallest absolute Gasteiger partial charge is 0.415 e. The Balaban J connectivity index is 1.90. The summed E-state index contributed by atoms with van der Waals surface area (Å²) in [4.78, 5) is 35.7. The Labute approximate surface area is 155 Å². The van der Waals surface area contributed by atoms with Gasteiger partial charge in [0.1, 0.15) is 17.6 Å². The van der Waals surface area contributed by atoms with Gasteiger partial charge in [-0.3, -0.25) is 9.69 Å². The van der Waals surface area contributed by atoms with Gasteiger partial charge in [0.25, 0.3) is 0 Å². The molecule has 2 aromatic carbocycles. The van der Waals surface area contributed by atoms with Crippen LogP contribution in [-0.2, 0) is 16.0 Å². The summed E-state index contributed by atoms with van der Waals surface area (Å²) in [5, 5.41) is 11.6. The van der Waals surface area contributed by atoms with E-state index in [0.29, 0.717) is 11.3 Å². The van der Waals surface area contributed by atoms with E-state index in [1.54, 1.807) is 12.1 Å². The van der Waals surface area contributed by atoms with Crippen molar-refractivity contribution in [3.63, 3.8) is 0 Å². The van der Waals surface area contributed by atoms with Crippen molar-refractivity contribution in [1.82, 2.24) is 4.90 Å². The molecule has 0 aromatic heterocycles. The molecule has 0 aliphatic rings. The van der Waals surface area contributed by atoms with Gasteiger partial charge in [0.2, 0.25) is 5.91 Å². The van der Waals surface area contributed by atoms with Gasteiger partial charge in [-0.05, 0) is 48.9 Å². The topological polar surface area (TPSA) is 95.9 Å². The van der Waals surface area contributed by atoms with Crippen molar-refractivity contribution < 1.29 is 28.6 Å². The third-order valence-electron chi connectivity index (χ3n) is 3.85. The summed E-state index contributed by atoms with van der Waals surface area (Å²) in [5.74, 6) is -1.58. The number of anilines is 1. The molecule has 2 rings (SSSR count). The number of rotatable bonds is 6. The Morgan fingerprint density at radius 2 is 1.70 bits per heavy atom. The Morgan fingerprint density at radius 1 is 1.11 bits per heavy atom. The number of benzene rings is 2. The van der Waals surface area contributed by atoms with Crippen LogP contribution in [0.3, 0.4) is 0 Å². The number of likely N-dealkylation sites (N-methyl/N-ethyl adjacent to an activating group) is 1. The summed E-state index contributed by atoms with van der Waals surface area (Å²) < 4.78 is 18.0. The van der Waals surface area contributed by atoms with Crippen LogP contribution in [-0.4, -0.2) is 41.1 Å². The van der Waals surface area contributed by atoms with E-state index in [1.807, 2.05) is 0 Å². The summed E-state index contributed by atoms with van der Waals surface area (Å²) >= 11 is 0. The summed E-state index contributed by atoms with van der Waals surface area (Å²) in [6.07, 6.45) is -0.715. The minimum Gasteiger partial charge on any atom is -0.480 e. The van der Waals surface area contributed by atoms with E-state index in [4.69, 9.17) is 9.84 Å². The molecule has 0 radical (unpaired) electrons. The van der Waals surface area contributed by atoms with Gasteiger partial charge in [0.15, 0.2) is 0 Å². The molecule has 0 spiro atoms. The lowest BCUT2D eigenvalue weighted by Gasteiger charge is -2.20. The number of ether oxygens (including phenoxy) is 1. The van der Waals surface area contributed by atoms with Crippen LogP contribution < -0.4 is 10.1 Å². The Bertz CT molecular complexity index is 821. The van der Waals surface area contributed by atoms with Gasteiger partial charge >= 0.3 is 12.1 Å². The highest BCUT2D eigenvalue weighted by Crippen LogP contribution is 2.17. The van der Waals surface area contributed by atoms with Gasteiger partial charge in [-0.25, -0.2) is 14.0 Å². The molecule has 2 amide bonds. The summed E-state index contributed by atoms with van der Waals surface area (Å²) in [5.41, 5.74) is 1.17. The molecule has 2 N–H and O–H groups in total. The zero-order valence-corrected chi connectivity index (χ0v) is 14.8. The number of nitrogens with one attached hydrogen (secondary N) is 1. The van der Waals surface area contributed by atoms with Crippen molar-refractivity contribution in [2.45, 2.75) is 19.4 Å². The molecule has 8 heteroatoms. The number of aliphatic carboxylic acids is 1.